The molecule has 5 heteroatoms. The van der Waals surface area contributed by atoms with E-state index < -0.39 is 0 Å². The fourth-order valence-electron chi connectivity index (χ4n) is 2.85. The van der Waals surface area contributed by atoms with Crippen molar-refractivity contribution in [3.05, 3.63) is 17.2 Å². The van der Waals surface area contributed by atoms with Crippen molar-refractivity contribution in [1.82, 2.24) is 19.8 Å². The van der Waals surface area contributed by atoms with Crippen LogP contribution in [0.1, 0.15) is 5.82 Å². The van der Waals surface area contributed by atoms with Crippen molar-refractivity contribution in [3.63, 3.8) is 0 Å². The van der Waals surface area contributed by atoms with Crippen LogP contribution in [-0.2, 0) is 13.6 Å². The number of hydrogen-bond acceptors (Lipinski definition) is 3. The lowest BCUT2D eigenvalue weighted by Crippen LogP contribution is -2.26. The van der Waals surface area contributed by atoms with Gasteiger partial charge in [0.15, 0.2) is 0 Å². The Balaban J connectivity index is 1.66. The molecule has 88 valence electrons. The maximum Gasteiger partial charge on any atom is 0.128 e. The molecule has 1 aromatic heterocycles. The molecule has 0 spiro atoms. The van der Waals surface area contributed by atoms with Gasteiger partial charge >= 0.3 is 0 Å². The Labute approximate surface area is 101 Å². The van der Waals surface area contributed by atoms with E-state index in [1.54, 1.807) is 6.20 Å². The maximum atomic E-state index is 5.98. The van der Waals surface area contributed by atoms with E-state index in [-0.39, 0.29) is 0 Å². The molecule has 0 bridgehead atoms. The van der Waals surface area contributed by atoms with Gasteiger partial charge in [-0.05, 0) is 24.9 Å². The Morgan fingerprint density at radius 1 is 1.44 bits per heavy atom. The predicted octanol–water partition coefficient (Wildman–Crippen LogP) is 0.725. The second kappa shape index (κ2) is 4.02. The number of rotatable bonds is 2. The summed E-state index contributed by atoms with van der Waals surface area (Å²) in [5.74, 6) is 2.75. The average molecular weight is 241 g/mol. The molecule has 2 aliphatic heterocycles. The molecule has 1 aromatic rings. The summed E-state index contributed by atoms with van der Waals surface area (Å²) in [6, 6.07) is 0. The van der Waals surface area contributed by atoms with Gasteiger partial charge in [-0.15, -0.1) is 0 Å². The molecular formula is C11H17ClN4. The van der Waals surface area contributed by atoms with Gasteiger partial charge in [0.25, 0.3) is 0 Å². The lowest BCUT2D eigenvalue weighted by molar-refractivity contribution is 0.295. The van der Waals surface area contributed by atoms with Crippen molar-refractivity contribution < 1.29 is 0 Å². The van der Waals surface area contributed by atoms with Crippen LogP contribution in [0.3, 0.4) is 0 Å². The third-order valence-electron chi connectivity index (χ3n) is 3.86. The molecule has 1 N–H and O–H groups in total. The van der Waals surface area contributed by atoms with Crippen LogP contribution in [-0.4, -0.2) is 40.6 Å². The normalized spacial score (nSPS) is 29.9. The van der Waals surface area contributed by atoms with Crippen molar-refractivity contribution in [2.45, 2.75) is 6.54 Å². The zero-order valence-corrected chi connectivity index (χ0v) is 10.2. The van der Waals surface area contributed by atoms with E-state index in [4.69, 9.17) is 11.6 Å². The quantitative estimate of drug-likeness (QED) is 0.827. The van der Waals surface area contributed by atoms with Crippen LogP contribution in [0, 0.1) is 11.8 Å². The third-order valence-corrected chi connectivity index (χ3v) is 4.21. The lowest BCUT2D eigenvalue weighted by Gasteiger charge is -2.16. The van der Waals surface area contributed by atoms with Gasteiger partial charge in [-0.3, -0.25) is 4.90 Å². The molecule has 2 unspecified atom stereocenters. The van der Waals surface area contributed by atoms with Crippen molar-refractivity contribution >= 4 is 11.6 Å². The van der Waals surface area contributed by atoms with E-state index >= 15 is 0 Å². The van der Waals surface area contributed by atoms with Crippen LogP contribution < -0.4 is 5.32 Å². The van der Waals surface area contributed by atoms with Crippen LogP contribution in [0.5, 0.6) is 0 Å². The number of fused-ring (bicyclic) bond motifs is 1. The van der Waals surface area contributed by atoms with E-state index in [2.05, 4.69) is 15.2 Å². The van der Waals surface area contributed by atoms with Crippen molar-refractivity contribution in [1.29, 1.82) is 0 Å². The van der Waals surface area contributed by atoms with E-state index in [0.29, 0.717) is 0 Å². The number of likely N-dealkylation sites (tertiary alicyclic amines) is 1. The van der Waals surface area contributed by atoms with Crippen LogP contribution in [0.2, 0.25) is 5.15 Å². The molecular weight excluding hydrogens is 224 g/mol. The molecule has 3 heterocycles. The zero-order chi connectivity index (χ0) is 11.1. The summed E-state index contributed by atoms with van der Waals surface area (Å²) in [4.78, 5) is 6.84. The fourth-order valence-corrected chi connectivity index (χ4v) is 3.00. The minimum Gasteiger partial charge on any atom is -0.321 e. The van der Waals surface area contributed by atoms with Crippen LogP contribution in [0.15, 0.2) is 6.20 Å². The minimum absolute atomic E-state index is 0.719. The van der Waals surface area contributed by atoms with Crippen LogP contribution in [0.4, 0.5) is 0 Å². The van der Waals surface area contributed by atoms with Crippen molar-refractivity contribution in [2.75, 3.05) is 26.2 Å². The summed E-state index contributed by atoms with van der Waals surface area (Å²) in [6.45, 7) is 5.69. The topological polar surface area (TPSA) is 33.1 Å². The molecule has 0 aromatic carbocycles. The summed E-state index contributed by atoms with van der Waals surface area (Å²) in [5.41, 5.74) is 0. The smallest absolute Gasteiger partial charge is 0.128 e. The van der Waals surface area contributed by atoms with Gasteiger partial charge in [0.2, 0.25) is 0 Å². The van der Waals surface area contributed by atoms with Gasteiger partial charge in [-0.1, -0.05) is 11.6 Å². The Morgan fingerprint density at radius 3 is 2.69 bits per heavy atom. The first-order chi connectivity index (χ1) is 7.74. The first-order valence-corrected chi connectivity index (χ1v) is 6.21. The number of nitrogens with zero attached hydrogens (tertiary/aromatic N) is 3. The molecule has 3 rings (SSSR count). The average Bonchev–Trinajstić information content (AvgIpc) is 2.88. The first-order valence-electron chi connectivity index (χ1n) is 5.83. The van der Waals surface area contributed by atoms with Crippen molar-refractivity contribution in [3.8, 4) is 0 Å². The number of nitrogens with one attached hydrogen (secondary N) is 1. The maximum absolute atomic E-state index is 5.98. The van der Waals surface area contributed by atoms with Gasteiger partial charge in [0.05, 0.1) is 12.7 Å². The molecule has 0 amide bonds. The molecule has 0 aliphatic carbocycles. The molecule has 2 atom stereocenters. The SMILES string of the molecule is Cn1c(Cl)cnc1CN1CC2CNCC2C1. The molecule has 0 radical (unpaired) electrons. The van der Waals surface area contributed by atoms with Gasteiger partial charge in [-0.2, -0.15) is 0 Å². The molecule has 2 fully saturated rings. The summed E-state index contributed by atoms with van der Waals surface area (Å²) in [7, 11) is 1.98. The monoisotopic (exact) mass is 240 g/mol. The molecule has 0 saturated carbocycles. The van der Waals surface area contributed by atoms with Gasteiger partial charge < -0.3 is 9.88 Å². The van der Waals surface area contributed by atoms with Gasteiger partial charge in [0, 0.05) is 20.1 Å². The van der Waals surface area contributed by atoms with E-state index in [0.717, 1.165) is 29.4 Å². The Morgan fingerprint density at radius 2 is 2.12 bits per heavy atom. The summed E-state index contributed by atoms with van der Waals surface area (Å²) in [5, 5.41) is 4.17. The predicted molar refractivity (Wildman–Crippen MR) is 63.3 cm³/mol. The van der Waals surface area contributed by atoms with Gasteiger partial charge in [-0.25, -0.2) is 4.98 Å². The Hall–Kier alpha value is -0.580. The molecule has 16 heavy (non-hydrogen) atoms. The lowest BCUT2D eigenvalue weighted by atomic mass is 10.0. The van der Waals surface area contributed by atoms with E-state index in [1.807, 2.05) is 11.6 Å². The van der Waals surface area contributed by atoms with Crippen molar-refractivity contribution in [2.24, 2.45) is 18.9 Å². The summed E-state index contributed by atoms with van der Waals surface area (Å²) >= 11 is 5.98. The Kier molecular flexibility index (Phi) is 2.65. The molecule has 4 nitrogen and oxygen atoms in total. The Bertz CT molecular complexity index is 377. The standard InChI is InChI=1S/C11H17ClN4/c1-15-10(12)4-14-11(15)7-16-5-8-2-13-3-9(8)6-16/h4,8-9,13H,2-3,5-7H2,1H3. The molecule has 2 saturated heterocycles. The van der Waals surface area contributed by atoms with Crippen LogP contribution >= 0.6 is 11.6 Å². The number of hydrogen-bond donors (Lipinski definition) is 1. The largest absolute Gasteiger partial charge is 0.321 e. The second-order valence-corrected chi connectivity index (χ2v) is 5.32. The van der Waals surface area contributed by atoms with Gasteiger partial charge in [0.1, 0.15) is 11.0 Å². The fraction of sp³-hybridized carbons (Fsp3) is 0.727. The highest BCUT2D eigenvalue weighted by atomic mass is 35.5. The first kappa shape index (κ1) is 10.6. The minimum atomic E-state index is 0.719. The summed E-state index contributed by atoms with van der Waals surface area (Å²) in [6.07, 6.45) is 1.73. The highest BCUT2D eigenvalue weighted by Gasteiger charge is 2.36. The number of imidazole rings is 1. The van der Waals surface area contributed by atoms with Crippen LogP contribution in [0.25, 0.3) is 0 Å². The number of aromatic nitrogens is 2. The van der Waals surface area contributed by atoms with E-state index in [1.165, 1.54) is 26.2 Å². The number of halogens is 1. The molecule has 2 aliphatic rings. The van der Waals surface area contributed by atoms with E-state index in [9.17, 15) is 0 Å². The highest BCUT2D eigenvalue weighted by molar-refractivity contribution is 6.29. The zero-order valence-electron chi connectivity index (χ0n) is 9.49. The third kappa shape index (κ3) is 1.75. The second-order valence-electron chi connectivity index (χ2n) is 4.93. The highest BCUT2D eigenvalue weighted by Crippen LogP contribution is 2.27. The summed E-state index contributed by atoms with van der Waals surface area (Å²) < 4.78 is 1.97.